The predicted octanol–water partition coefficient (Wildman–Crippen LogP) is 3.87. The molecule has 1 aromatic heterocycles. The summed E-state index contributed by atoms with van der Waals surface area (Å²) in [5, 5.41) is 16.3. The van der Waals surface area contributed by atoms with Gasteiger partial charge in [-0.15, -0.1) is 0 Å². The lowest BCUT2D eigenvalue weighted by Gasteiger charge is -2.21. The Balaban J connectivity index is 1.45. The summed E-state index contributed by atoms with van der Waals surface area (Å²) in [6, 6.07) is 21.4. The third kappa shape index (κ3) is 6.78. The van der Waals surface area contributed by atoms with E-state index in [0.29, 0.717) is 19.5 Å². The number of aromatic nitrogens is 2. The zero-order chi connectivity index (χ0) is 23.6. The highest BCUT2D eigenvalue weighted by Crippen LogP contribution is 2.16. The first-order chi connectivity index (χ1) is 16.0. The van der Waals surface area contributed by atoms with Crippen LogP contribution in [0.25, 0.3) is 5.69 Å². The van der Waals surface area contributed by atoms with Crippen LogP contribution in [-0.4, -0.2) is 34.7 Å². The van der Waals surface area contributed by atoms with Crippen molar-refractivity contribution < 1.29 is 9.59 Å². The summed E-state index contributed by atoms with van der Waals surface area (Å²) in [5.74, 6) is -0.317. The minimum absolute atomic E-state index is 0.101. The minimum atomic E-state index is -0.161. The standard InChI is InChI=1S/C26H29N5O2/c1-20-19-21(2)31(29-20)24-11-9-22(10-12-24)15-17-28-25(32)13-14-26(33)30(18-6-16-27)23-7-4-3-5-8-23/h3-5,7-12,19H,6,13-15,17-18H2,1-2H3,(H,28,32). The summed E-state index contributed by atoms with van der Waals surface area (Å²) in [5.41, 5.74) is 4.92. The maximum absolute atomic E-state index is 12.7. The van der Waals surface area contributed by atoms with Crippen molar-refractivity contribution in [1.82, 2.24) is 15.1 Å². The molecule has 7 nitrogen and oxygen atoms in total. The molecule has 1 N–H and O–H groups in total. The van der Waals surface area contributed by atoms with E-state index < -0.39 is 0 Å². The lowest BCUT2D eigenvalue weighted by Crippen LogP contribution is -2.33. The number of aryl methyl sites for hydroxylation is 2. The second-order valence-electron chi connectivity index (χ2n) is 7.89. The first-order valence-corrected chi connectivity index (χ1v) is 11.1. The number of carbonyl (C=O) groups is 2. The lowest BCUT2D eigenvalue weighted by molar-refractivity contribution is -0.125. The van der Waals surface area contributed by atoms with Gasteiger partial charge >= 0.3 is 0 Å². The van der Waals surface area contributed by atoms with Crippen molar-refractivity contribution in [3.63, 3.8) is 0 Å². The van der Waals surface area contributed by atoms with Crippen LogP contribution < -0.4 is 10.2 Å². The Bertz CT molecular complexity index is 1110. The second kappa shape index (κ2) is 11.6. The van der Waals surface area contributed by atoms with Crippen LogP contribution in [0.3, 0.4) is 0 Å². The number of nitrogens with zero attached hydrogens (tertiary/aromatic N) is 4. The van der Waals surface area contributed by atoms with Crippen LogP contribution in [0.2, 0.25) is 0 Å². The van der Waals surface area contributed by atoms with E-state index in [9.17, 15) is 9.59 Å². The molecule has 0 saturated heterocycles. The van der Waals surface area contributed by atoms with E-state index in [1.165, 1.54) is 0 Å². The van der Waals surface area contributed by atoms with E-state index >= 15 is 0 Å². The van der Waals surface area contributed by atoms with Crippen molar-refractivity contribution in [2.24, 2.45) is 0 Å². The molecule has 0 fully saturated rings. The fraction of sp³-hybridized carbons (Fsp3) is 0.308. The van der Waals surface area contributed by atoms with Gasteiger partial charge in [-0.25, -0.2) is 4.68 Å². The summed E-state index contributed by atoms with van der Waals surface area (Å²) >= 11 is 0. The number of anilines is 1. The van der Waals surface area contributed by atoms with E-state index in [-0.39, 0.29) is 31.1 Å². The smallest absolute Gasteiger partial charge is 0.227 e. The predicted molar refractivity (Wildman–Crippen MR) is 128 cm³/mol. The second-order valence-corrected chi connectivity index (χ2v) is 7.89. The number of hydrogen-bond donors (Lipinski definition) is 1. The van der Waals surface area contributed by atoms with Crippen LogP contribution in [0.1, 0.15) is 36.2 Å². The van der Waals surface area contributed by atoms with Gasteiger partial charge in [-0.2, -0.15) is 10.4 Å². The van der Waals surface area contributed by atoms with Crippen molar-refractivity contribution in [3.05, 3.63) is 77.6 Å². The van der Waals surface area contributed by atoms with Gasteiger partial charge < -0.3 is 10.2 Å². The molecular formula is C26H29N5O2. The third-order valence-electron chi connectivity index (χ3n) is 5.31. The monoisotopic (exact) mass is 443 g/mol. The fourth-order valence-electron chi connectivity index (χ4n) is 3.65. The van der Waals surface area contributed by atoms with Gasteiger partial charge in [0.1, 0.15) is 0 Å². The molecule has 33 heavy (non-hydrogen) atoms. The topological polar surface area (TPSA) is 91.0 Å². The number of benzene rings is 2. The van der Waals surface area contributed by atoms with Crippen molar-refractivity contribution >= 4 is 17.5 Å². The van der Waals surface area contributed by atoms with Crippen LogP contribution in [0.15, 0.2) is 60.7 Å². The van der Waals surface area contributed by atoms with Crippen molar-refractivity contribution in [2.75, 3.05) is 18.0 Å². The molecule has 3 rings (SSSR count). The molecule has 0 aliphatic heterocycles. The SMILES string of the molecule is Cc1cc(C)n(-c2ccc(CCNC(=O)CCC(=O)N(CCC#N)c3ccccc3)cc2)n1. The van der Waals surface area contributed by atoms with Crippen molar-refractivity contribution in [3.8, 4) is 11.8 Å². The average Bonchev–Trinajstić information content (AvgIpc) is 3.17. The number of nitriles is 1. The molecule has 0 atom stereocenters. The maximum Gasteiger partial charge on any atom is 0.227 e. The van der Waals surface area contributed by atoms with E-state index in [1.807, 2.05) is 79.2 Å². The summed E-state index contributed by atoms with van der Waals surface area (Å²) in [6.07, 6.45) is 1.16. The van der Waals surface area contributed by atoms with E-state index in [2.05, 4.69) is 16.5 Å². The third-order valence-corrected chi connectivity index (χ3v) is 5.31. The van der Waals surface area contributed by atoms with Gasteiger partial charge in [0.25, 0.3) is 0 Å². The zero-order valence-electron chi connectivity index (χ0n) is 19.1. The van der Waals surface area contributed by atoms with E-state index in [4.69, 9.17) is 5.26 Å². The molecule has 2 amide bonds. The van der Waals surface area contributed by atoms with Gasteiger partial charge in [-0.3, -0.25) is 9.59 Å². The molecule has 0 aliphatic carbocycles. The number of amides is 2. The molecule has 170 valence electrons. The highest BCUT2D eigenvalue weighted by Gasteiger charge is 2.16. The summed E-state index contributed by atoms with van der Waals surface area (Å²) in [7, 11) is 0. The van der Waals surface area contributed by atoms with Gasteiger partial charge in [0, 0.05) is 37.3 Å². The Kier molecular flexibility index (Phi) is 8.36. The van der Waals surface area contributed by atoms with Crippen LogP contribution in [0.5, 0.6) is 0 Å². The Morgan fingerprint density at radius 1 is 1.06 bits per heavy atom. The highest BCUT2D eigenvalue weighted by molar-refractivity contribution is 5.95. The summed E-state index contributed by atoms with van der Waals surface area (Å²) < 4.78 is 1.91. The number of nitrogens with one attached hydrogen (secondary N) is 1. The Morgan fingerprint density at radius 2 is 1.79 bits per heavy atom. The van der Waals surface area contributed by atoms with E-state index in [0.717, 1.165) is 28.3 Å². The zero-order valence-corrected chi connectivity index (χ0v) is 19.1. The van der Waals surface area contributed by atoms with Crippen LogP contribution in [0.4, 0.5) is 5.69 Å². The van der Waals surface area contributed by atoms with Crippen LogP contribution >= 0.6 is 0 Å². The molecule has 3 aromatic rings. The molecule has 0 spiro atoms. The molecule has 0 saturated carbocycles. The molecule has 0 bridgehead atoms. The maximum atomic E-state index is 12.7. The normalized spacial score (nSPS) is 10.5. The largest absolute Gasteiger partial charge is 0.356 e. The van der Waals surface area contributed by atoms with Gasteiger partial charge in [0.2, 0.25) is 11.8 Å². The molecule has 0 aliphatic rings. The number of hydrogen-bond acceptors (Lipinski definition) is 4. The number of rotatable bonds is 10. The summed E-state index contributed by atoms with van der Waals surface area (Å²) in [4.78, 5) is 26.5. The van der Waals surface area contributed by atoms with Crippen molar-refractivity contribution in [1.29, 1.82) is 5.26 Å². The number of carbonyl (C=O) groups excluding carboxylic acids is 2. The van der Waals surface area contributed by atoms with Gasteiger partial charge in [0.05, 0.1) is 23.9 Å². The molecular weight excluding hydrogens is 414 g/mol. The highest BCUT2D eigenvalue weighted by atomic mass is 16.2. The van der Waals surface area contributed by atoms with E-state index in [1.54, 1.807) is 4.90 Å². The number of para-hydroxylation sites is 1. The summed E-state index contributed by atoms with van der Waals surface area (Å²) in [6.45, 7) is 4.81. The first kappa shape index (κ1) is 23.7. The fourth-order valence-corrected chi connectivity index (χ4v) is 3.65. The Hall–Kier alpha value is -3.92. The average molecular weight is 444 g/mol. The van der Waals surface area contributed by atoms with Gasteiger partial charge in [-0.1, -0.05) is 30.3 Å². The Morgan fingerprint density at radius 3 is 2.42 bits per heavy atom. The van der Waals surface area contributed by atoms with Crippen molar-refractivity contribution in [2.45, 2.75) is 39.5 Å². The van der Waals surface area contributed by atoms with Gasteiger partial charge in [0.15, 0.2) is 0 Å². The first-order valence-electron chi connectivity index (χ1n) is 11.1. The van der Waals surface area contributed by atoms with Gasteiger partial charge in [-0.05, 0) is 56.2 Å². The molecule has 1 heterocycles. The lowest BCUT2D eigenvalue weighted by atomic mass is 10.1. The van der Waals surface area contributed by atoms with Crippen LogP contribution in [0, 0.1) is 25.2 Å². The molecule has 0 unspecified atom stereocenters. The molecule has 2 aromatic carbocycles. The molecule has 0 radical (unpaired) electrons. The quantitative estimate of drug-likeness (QED) is 0.515. The Labute approximate surface area is 194 Å². The molecule has 7 heteroatoms. The minimum Gasteiger partial charge on any atom is -0.356 e. The van der Waals surface area contributed by atoms with Crippen LogP contribution in [-0.2, 0) is 16.0 Å².